The molecule has 62 nitrogen and oxygen atoms in total. The first-order chi connectivity index (χ1) is 60.8. The number of phosphoric ester groups is 10. The Morgan fingerprint density at radius 2 is 0.275 bits per heavy atom. The topological polar surface area (TPSA) is 871 Å². The van der Waals surface area contributed by atoms with E-state index in [1.165, 1.54) is 28.4 Å². The lowest BCUT2D eigenvalue weighted by Gasteiger charge is -2.49. The fourth-order valence-electron chi connectivity index (χ4n) is 14.7. The first-order valence-electron chi connectivity index (χ1n) is 38.6. The Morgan fingerprint density at radius 1 is 0.160 bits per heavy atom. The minimum atomic E-state index is -6.33. The average molecular weight is 2130 g/mol. The molecule has 4 aliphatic carbocycles. The van der Waals surface area contributed by atoms with E-state index in [-0.39, 0.29) is 79.3 Å². The van der Waals surface area contributed by atoms with Gasteiger partial charge in [0.05, 0.1) is 106 Å². The van der Waals surface area contributed by atoms with Gasteiger partial charge in [-0.05, 0) is 31.1 Å². The minimum Gasteiger partial charge on any atom is -0.382 e. The van der Waals surface area contributed by atoms with Gasteiger partial charge in [-0.3, -0.25) is 45.2 Å². The van der Waals surface area contributed by atoms with Crippen LogP contribution in [0, 0.1) is 5.41 Å². The molecule has 0 aromatic heterocycles. The van der Waals surface area contributed by atoms with Crippen LogP contribution in [-0.4, -0.2) is 448 Å². The van der Waals surface area contributed by atoms with E-state index < -0.39 is 309 Å². The van der Waals surface area contributed by atoms with E-state index in [2.05, 4.69) is 0 Å². The van der Waals surface area contributed by atoms with Crippen LogP contribution >= 0.6 is 78.2 Å². The standard InChI is InChI=1S/C59H122O62P10/c1-90-19-23-100-27-31-108-43-35(94-5)41(36(95-6)44(52(43)115-125(69,70)71)109-32-28-101-24-20-91-2)104-15-11-59(12-16-105-42-38(97-8)49(112-122(60,61)62)56(119-129(81,82)83)50(39(42)98-9)113-123(63,64)65,13-17-106-47-40(99-10)51(114-124(66,67)68)57(120-130(84,85)86)58(121-131(87,88)89)55(47)118-128(78,79)80)14-18-107-48-53(116-126(72,73)74)45(110-33-29-102-25-21-92-3)37(96-7)46(54(48)117-127(75,76)77)111-34-30-103-26-22-93-4/h35-58H,11-34H2,1-10H3,(H2,60,61,62)(H2,63,64,65)(H2,66,67,68)(H2,69,70,71)(H2,72,73,74)(H2,75,76,77)(H2,78,79,80)(H2,81,82,83)(H2,84,85,86)(H2,87,88,89)/t35-,36+,37-,38-,39+,40-,41+,42?,43+,44-,45-,46+,47+,48+,49+,50-,51+,52-,53+,54-,55+,56-,57-,58-,59?/m1/s1. The number of methoxy groups -OCH3 is 10. The summed E-state index contributed by atoms with van der Waals surface area (Å²) in [4.78, 5) is 209. The van der Waals surface area contributed by atoms with E-state index in [4.69, 9.17) is 149 Å². The van der Waals surface area contributed by atoms with Gasteiger partial charge in [0.1, 0.15) is 146 Å². The van der Waals surface area contributed by atoms with Gasteiger partial charge in [-0.2, -0.15) is 0 Å². The van der Waals surface area contributed by atoms with Gasteiger partial charge in [0, 0.05) is 97.5 Å². The normalized spacial score (nSPS) is 30.2. The fraction of sp³-hybridized carbons (Fsp3) is 1.00. The quantitative estimate of drug-likeness (QED) is 0.0205. The first-order valence-corrected chi connectivity index (χ1v) is 53.9. The van der Waals surface area contributed by atoms with E-state index in [9.17, 15) is 144 Å². The molecule has 2 unspecified atom stereocenters. The molecule has 780 valence electrons. The second-order valence-corrected chi connectivity index (χ2v) is 40.3. The summed E-state index contributed by atoms with van der Waals surface area (Å²) < 4.78 is 309. The Balaban J connectivity index is 2.31. The van der Waals surface area contributed by atoms with Crippen LogP contribution in [-0.2, 0) is 195 Å². The molecule has 0 aliphatic heterocycles. The molecule has 4 aliphatic rings. The van der Waals surface area contributed by atoms with Gasteiger partial charge in [0.15, 0.2) is 0 Å². The molecule has 0 bridgehead atoms. The summed E-state index contributed by atoms with van der Waals surface area (Å²) in [5.41, 5.74) is -2.22. The van der Waals surface area contributed by atoms with Crippen LogP contribution in [0.4, 0.5) is 0 Å². The highest BCUT2D eigenvalue weighted by Gasteiger charge is 2.64. The smallest absolute Gasteiger partial charge is 0.382 e. The van der Waals surface area contributed by atoms with E-state index in [1.54, 1.807) is 0 Å². The Bertz CT molecular complexity index is 3610. The van der Waals surface area contributed by atoms with Crippen molar-refractivity contribution < 1.29 is 293 Å². The lowest BCUT2D eigenvalue weighted by molar-refractivity contribution is -0.266. The lowest BCUT2D eigenvalue weighted by Crippen LogP contribution is -2.67. The predicted molar refractivity (Wildman–Crippen MR) is 424 cm³/mol. The molecule has 0 spiro atoms. The zero-order valence-corrected chi connectivity index (χ0v) is 80.8. The Morgan fingerprint density at radius 3 is 0.427 bits per heavy atom. The van der Waals surface area contributed by atoms with Crippen molar-refractivity contribution in [1.82, 2.24) is 0 Å². The van der Waals surface area contributed by atoms with Gasteiger partial charge >= 0.3 is 78.2 Å². The van der Waals surface area contributed by atoms with Gasteiger partial charge in [-0.15, -0.1) is 0 Å². The van der Waals surface area contributed by atoms with Gasteiger partial charge in [0.2, 0.25) is 0 Å². The van der Waals surface area contributed by atoms with Crippen molar-refractivity contribution in [3.63, 3.8) is 0 Å². The van der Waals surface area contributed by atoms with Crippen LogP contribution in [0.1, 0.15) is 25.7 Å². The van der Waals surface area contributed by atoms with E-state index in [0.717, 1.165) is 35.5 Å². The van der Waals surface area contributed by atoms with E-state index in [0.29, 0.717) is 7.11 Å². The monoisotopic (exact) mass is 2130 g/mol. The third-order valence-electron chi connectivity index (χ3n) is 19.6. The molecule has 25 atom stereocenters. The van der Waals surface area contributed by atoms with Crippen LogP contribution in [0.3, 0.4) is 0 Å². The molecule has 20 N–H and O–H groups in total. The number of phosphoric acid groups is 10. The van der Waals surface area contributed by atoms with Crippen molar-refractivity contribution in [1.29, 1.82) is 0 Å². The molecular weight excluding hydrogens is 2010 g/mol. The minimum absolute atomic E-state index is 0.0212. The van der Waals surface area contributed by atoms with Crippen molar-refractivity contribution in [3.8, 4) is 0 Å². The molecule has 4 saturated carbocycles. The summed E-state index contributed by atoms with van der Waals surface area (Å²) >= 11 is 0. The molecule has 0 aromatic carbocycles. The maximum Gasteiger partial charge on any atom is 0.470 e. The zero-order chi connectivity index (χ0) is 99.0. The molecule has 0 saturated heterocycles. The molecule has 72 heteroatoms. The van der Waals surface area contributed by atoms with Crippen molar-refractivity contribution >= 4 is 78.2 Å². The number of rotatable bonds is 70. The highest BCUT2D eigenvalue weighted by Crippen LogP contribution is 2.57. The molecule has 4 rings (SSSR count). The second kappa shape index (κ2) is 57.6. The summed E-state index contributed by atoms with van der Waals surface area (Å²) in [7, 11) is -50.3. The highest BCUT2D eigenvalue weighted by molar-refractivity contribution is 7.48. The van der Waals surface area contributed by atoms with Gasteiger partial charge < -0.3 is 202 Å². The number of hydrogen-bond acceptors (Lipinski definition) is 42. The number of hydrogen-bond donors (Lipinski definition) is 20. The third-order valence-corrected chi connectivity index (χ3v) is 24.8. The second-order valence-electron chi connectivity index (χ2n) is 28.4. The summed E-state index contributed by atoms with van der Waals surface area (Å²) in [6, 6.07) is 0. The van der Waals surface area contributed by atoms with Gasteiger partial charge in [-0.1, -0.05) is 0 Å². The molecule has 131 heavy (non-hydrogen) atoms. The summed E-state index contributed by atoms with van der Waals surface area (Å²) in [6.07, 6.45) is -59.2. The first kappa shape index (κ1) is 124. The van der Waals surface area contributed by atoms with Crippen molar-refractivity contribution in [2.24, 2.45) is 5.41 Å². The average Bonchev–Trinajstić information content (AvgIpc) is 0.760. The molecular formula is C59H122O62P10. The zero-order valence-electron chi connectivity index (χ0n) is 71.9. The maximum atomic E-state index is 13.5. The predicted octanol–water partition coefficient (Wildman–Crippen LogP) is -3.81. The Labute approximate surface area is 749 Å². The van der Waals surface area contributed by atoms with Gasteiger partial charge in [-0.25, -0.2) is 45.7 Å². The van der Waals surface area contributed by atoms with Crippen LogP contribution in [0.2, 0.25) is 0 Å². The molecule has 0 radical (unpaired) electrons. The molecule has 0 amide bonds. The van der Waals surface area contributed by atoms with Crippen molar-refractivity contribution in [2.45, 2.75) is 172 Å². The van der Waals surface area contributed by atoms with Crippen molar-refractivity contribution in [2.75, 3.05) is 203 Å². The molecule has 0 aromatic rings. The Hall–Kier alpha value is 0.220. The van der Waals surface area contributed by atoms with Gasteiger partial charge in [0.25, 0.3) is 0 Å². The lowest BCUT2D eigenvalue weighted by atomic mass is 9.75. The fourth-order valence-corrected chi connectivity index (χ4v) is 20.3. The summed E-state index contributed by atoms with van der Waals surface area (Å²) in [6.45, 7) is -7.58. The van der Waals surface area contributed by atoms with Crippen LogP contribution < -0.4 is 0 Å². The maximum absolute atomic E-state index is 13.5. The van der Waals surface area contributed by atoms with E-state index in [1.807, 2.05) is 0 Å². The van der Waals surface area contributed by atoms with E-state index >= 15 is 0 Å². The summed E-state index contributed by atoms with van der Waals surface area (Å²) in [5, 5.41) is 0. The van der Waals surface area contributed by atoms with Crippen LogP contribution in [0.15, 0.2) is 0 Å². The number of ether oxygens (including phenoxy) is 22. The molecule has 0 heterocycles. The van der Waals surface area contributed by atoms with Crippen molar-refractivity contribution in [3.05, 3.63) is 0 Å². The Kier molecular flexibility index (Phi) is 54.3. The van der Waals surface area contributed by atoms with Crippen LogP contribution in [0.25, 0.3) is 0 Å². The largest absolute Gasteiger partial charge is 0.470 e. The molecule has 4 fully saturated rings. The SMILES string of the molecule is COCCOCCO[C@@H]1[C@@H](OC)[C@H](OCCOCCOC)[C@@H](OP(=O)(O)O)[C@@H](OCCC(CCOC2[C@@H](OC)[C@H](OP(=O)(O)O)[C@@H](OP(=O)(O)O)[C@H](OP(=O)(O)O)[C@H]2OC)(CCO[C@H]2[C@@H](OC)[C@H](OCCOCCOC)[C@@H](OP(=O)(O)O)[C@H](OCCOCCOC)[C@H]2OC)CCO[C@H]2[C@@H](OC)[C@H](OP(=O)(O)O)[C@@H](OP(=O)(O)O)[C@H](OP(=O)(O)O)[C@H]2OP(=O)(O)O)[C@H]1OP(=O)(O)O. The third kappa shape index (κ3) is 45.0. The summed E-state index contributed by atoms with van der Waals surface area (Å²) in [5.74, 6) is 0. The highest BCUT2D eigenvalue weighted by atomic mass is 31.2. The van der Waals surface area contributed by atoms with Crippen LogP contribution in [0.5, 0.6) is 0 Å².